The van der Waals surface area contributed by atoms with E-state index in [0.717, 1.165) is 20.0 Å². The fraction of sp³-hybridized carbons (Fsp3) is 0.167. The van der Waals surface area contributed by atoms with Crippen molar-refractivity contribution >= 4 is 45.3 Å². The molecule has 2 N–H and O–H groups in total. The molecule has 18 heavy (non-hydrogen) atoms. The summed E-state index contributed by atoms with van der Waals surface area (Å²) in [5, 5.41) is 16.7. The van der Waals surface area contributed by atoms with Gasteiger partial charge in [-0.05, 0) is 54.1 Å². The first-order valence-corrected chi connectivity index (χ1v) is 7.22. The summed E-state index contributed by atoms with van der Waals surface area (Å²) in [6, 6.07) is 3.80. The van der Waals surface area contributed by atoms with Gasteiger partial charge in [-0.3, -0.25) is 5.43 Å². The second-order valence-corrected chi connectivity index (χ2v) is 5.93. The maximum absolute atomic E-state index is 9.89. The summed E-state index contributed by atoms with van der Waals surface area (Å²) in [6.07, 6.45) is 1.60. The molecule has 2 aromatic rings. The predicted molar refractivity (Wildman–Crippen MR) is 83.6 cm³/mol. The summed E-state index contributed by atoms with van der Waals surface area (Å²) in [5.41, 5.74) is 5.34. The topological polar surface area (TPSA) is 57.5 Å². The van der Waals surface area contributed by atoms with Crippen LogP contribution < -0.4 is 5.43 Å². The second kappa shape index (κ2) is 5.66. The zero-order valence-electron chi connectivity index (χ0n) is 9.94. The van der Waals surface area contributed by atoms with Crippen LogP contribution in [-0.2, 0) is 0 Å². The molecule has 0 saturated heterocycles. The first kappa shape index (κ1) is 13.3. The van der Waals surface area contributed by atoms with Gasteiger partial charge in [-0.1, -0.05) is 0 Å². The maximum Gasteiger partial charge on any atom is 0.203 e. The third kappa shape index (κ3) is 3.20. The molecule has 1 heterocycles. The number of rotatable bonds is 3. The molecule has 1 aromatic heterocycles. The van der Waals surface area contributed by atoms with Crippen LogP contribution in [0.2, 0.25) is 0 Å². The number of hydrazone groups is 1. The lowest BCUT2D eigenvalue weighted by Gasteiger charge is -2.03. The highest BCUT2D eigenvalue weighted by molar-refractivity contribution is 14.1. The minimum absolute atomic E-state index is 0.260. The molecule has 6 heteroatoms. The van der Waals surface area contributed by atoms with Gasteiger partial charge in [-0.15, -0.1) is 11.3 Å². The van der Waals surface area contributed by atoms with Gasteiger partial charge in [0.2, 0.25) is 5.13 Å². The van der Waals surface area contributed by atoms with Gasteiger partial charge >= 0.3 is 0 Å². The van der Waals surface area contributed by atoms with Crippen molar-refractivity contribution in [3.63, 3.8) is 0 Å². The number of nitrogens with one attached hydrogen (secondary N) is 1. The standard InChI is InChI=1S/C12H12IN3OS/c1-7-3-10(13)4-9(11(7)17)5-14-16-12-15-8(2)6-18-12/h3-6,17H,1-2H3,(H,15,16). The van der Waals surface area contributed by atoms with E-state index in [-0.39, 0.29) is 5.75 Å². The van der Waals surface area contributed by atoms with Crippen molar-refractivity contribution in [2.45, 2.75) is 13.8 Å². The number of halogens is 1. The van der Waals surface area contributed by atoms with Gasteiger partial charge in [0, 0.05) is 14.5 Å². The van der Waals surface area contributed by atoms with E-state index in [1.807, 2.05) is 31.4 Å². The SMILES string of the molecule is Cc1csc(NN=Cc2cc(I)cc(C)c2O)n1. The molecule has 0 amide bonds. The van der Waals surface area contributed by atoms with Crippen molar-refractivity contribution in [2.24, 2.45) is 5.10 Å². The van der Waals surface area contributed by atoms with Crippen LogP contribution in [0.5, 0.6) is 5.75 Å². The third-order valence-corrected chi connectivity index (χ3v) is 3.77. The van der Waals surface area contributed by atoms with Gasteiger partial charge < -0.3 is 5.11 Å². The lowest BCUT2D eigenvalue weighted by molar-refractivity contribution is 0.470. The molecule has 0 unspecified atom stereocenters. The van der Waals surface area contributed by atoms with E-state index in [4.69, 9.17) is 0 Å². The third-order valence-electron chi connectivity index (χ3n) is 2.28. The molecule has 0 radical (unpaired) electrons. The highest BCUT2D eigenvalue weighted by Gasteiger charge is 2.04. The number of phenols is 1. The van der Waals surface area contributed by atoms with Crippen molar-refractivity contribution in [3.05, 3.63) is 37.9 Å². The molecule has 0 atom stereocenters. The van der Waals surface area contributed by atoms with E-state index < -0.39 is 0 Å². The van der Waals surface area contributed by atoms with Crippen LogP contribution in [-0.4, -0.2) is 16.3 Å². The Morgan fingerprint density at radius 1 is 1.44 bits per heavy atom. The Balaban J connectivity index is 2.14. The van der Waals surface area contributed by atoms with Crippen LogP contribution in [0.4, 0.5) is 5.13 Å². The number of thiazole rings is 1. The van der Waals surface area contributed by atoms with E-state index >= 15 is 0 Å². The van der Waals surface area contributed by atoms with E-state index in [1.165, 1.54) is 11.3 Å². The van der Waals surface area contributed by atoms with Crippen LogP contribution in [0.15, 0.2) is 22.6 Å². The summed E-state index contributed by atoms with van der Waals surface area (Å²) in [6.45, 7) is 3.80. The monoisotopic (exact) mass is 373 g/mol. The Morgan fingerprint density at radius 2 is 2.22 bits per heavy atom. The molecular weight excluding hydrogens is 361 g/mol. The first-order valence-electron chi connectivity index (χ1n) is 5.26. The fourth-order valence-corrected chi connectivity index (χ4v) is 2.86. The molecule has 0 aliphatic carbocycles. The molecule has 4 nitrogen and oxygen atoms in total. The smallest absolute Gasteiger partial charge is 0.203 e. The fourth-order valence-electron chi connectivity index (χ4n) is 1.42. The van der Waals surface area contributed by atoms with Gasteiger partial charge in [0.15, 0.2) is 0 Å². The summed E-state index contributed by atoms with van der Waals surface area (Å²) < 4.78 is 1.06. The zero-order chi connectivity index (χ0) is 13.1. The molecule has 2 rings (SSSR count). The molecule has 1 aromatic carbocycles. The molecule has 0 aliphatic heterocycles. The van der Waals surface area contributed by atoms with Crippen LogP contribution in [0.25, 0.3) is 0 Å². The summed E-state index contributed by atoms with van der Waals surface area (Å²) in [7, 11) is 0. The molecule has 0 fully saturated rings. The highest BCUT2D eigenvalue weighted by Crippen LogP contribution is 2.23. The number of anilines is 1. The summed E-state index contributed by atoms with van der Waals surface area (Å²) in [5.74, 6) is 0.260. The molecule has 0 spiro atoms. The van der Waals surface area contributed by atoms with Gasteiger partial charge in [0.1, 0.15) is 5.75 Å². The Labute approximate surface area is 123 Å². The van der Waals surface area contributed by atoms with E-state index in [9.17, 15) is 5.11 Å². The van der Waals surface area contributed by atoms with Crippen molar-refractivity contribution in [2.75, 3.05) is 5.43 Å². The van der Waals surface area contributed by atoms with Gasteiger partial charge in [0.05, 0.1) is 11.9 Å². The van der Waals surface area contributed by atoms with Crippen molar-refractivity contribution in [1.29, 1.82) is 0 Å². The number of aromatic nitrogens is 1. The minimum Gasteiger partial charge on any atom is -0.507 e. The Hall–Kier alpha value is -1.15. The molecule has 94 valence electrons. The number of phenolic OH excluding ortho intramolecular Hbond substituents is 1. The van der Waals surface area contributed by atoms with Gasteiger partial charge in [-0.25, -0.2) is 4.98 Å². The van der Waals surface area contributed by atoms with Crippen molar-refractivity contribution < 1.29 is 5.11 Å². The summed E-state index contributed by atoms with van der Waals surface area (Å²) in [4.78, 5) is 4.23. The quantitative estimate of drug-likeness (QED) is 0.492. The maximum atomic E-state index is 9.89. The van der Waals surface area contributed by atoms with E-state index in [2.05, 4.69) is 38.1 Å². The first-order chi connectivity index (χ1) is 8.56. The number of aryl methyl sites for hydroxylation is 2. The average molecular weight is 373 g/mol. The predicted octanol–water partition coefficient (Wildman–Crippen LogP) is 3.52. The lowest BCUT2D eigenvalue weighted by Crippen LogP contribution is -1.92. The van der Waals surface area contributed by atoms with Gasteiger partial charge in [0.25, 0.3) is 0 Å². The van der Waals surface area contributed by atoms with E-state index in [1.54, 1.807) is 6.21 Å². The lowest BCUT2D eigenvalue weighted by atomic mass is 10.1. The number of aromatic hydroxyl groups is 1. The van der Waals surface area contributed by atoms with Crippen LogP contribution in [0, 0.1) is 17.4 Å². The number of nitrogens with zero attached hydrogens (tertiary/aromatic N) is 2. The summed E-state index contributed by atoms with van der Waals surface area (Å²) >= 11 is 3.71. The normalized spacial score (nSPS) is 11.1. The number of hydrogen-bond donors (Lipinski definition) is 2. The molecule has 0 saturated carbocycles. The number of benzene rings is 1. The zero-order valence-corrected chi connectivity index (χ0v) is 12.9. The van der Waals surface area contributed by atoms with E-state index in [0.29, 0.717) is 5.56 Å². The van der Waals surface area contributed by atoms with Crippen molar-refractivity contribution in [3.8, 4) is 5.75 Å². The Kier molecular flexibility index (Phi) is 4.18. The highest BCUT2D eigenvalue weighted by atomic mass is 127. The van der Waals surface area contributed by atoms with Crippen LogP contribution in [0.1, 0.15) is 16.8 Å². The second-order valence-electron chi connectivity index (χ2n) is 3.82. The molecule has 0 bridgehead atoms. The Bertz CT molecular complexity index is 595. The molecular formula is C12H12IN3OS. The van der Waals surface area contributed by atoms with Gasteiger partial charge in [-0.2, -0.15) is 5.10 Å². The average Bonchev–Trinajstić information content (AvgIpc) is 2.71. The largest absolute Gasteiger partial charge is 0.507 e. The molecule has 0 aliphatic rings. The van der Waals surface area contributed by atoms with Crippen molar-refractivity contribution in [1.82, 2.24) is 4.98 Å². The number of hydrogen-bond acceptors (Lipinski definition) is 5. The van der Waals surface area contributed by atoms with Crippen LogP contribution >= 0.6 is 33.9 Å². The minimum atomic E-state index is 0.260. The Morgan fingerprint density at radius 3 is 2.89 bits per heavy atom. The van der Waals surface area contributed by atoms with Crippen LogP contribution in [0.3, 0.4) is 0 Å².